The van der Waals surface area contributed by atoms with E-state index in [-0.39, 0.29) is 18.7 Å². The SMILES string of the molecule is CC(C)(C)[Te]Br. The van der Waals surface area contributed by atoms with Crippen LogP contribution >= 0.6 is 12.8 Å². The van der Waals surface area contributed by atoms with Crippen LogP contribution < -0.4 is 0 Å². The topological polar surface area (TPSA) is 0 Å². The van der Waals surface area contributed by atoms with E-state index < -0.39 is 0 Å². The third-order valence-corrected chi connectivity index (χ3v) is 8.07. The molecule has 0 saturated carbocycles. The van der Waals surface area contributed by atoms with Crippen molar-refractivity contribution in [2.45, 2.75) is 24.2 Å². The van der Waals surface area contributed by atoms with Crippen LogP contribution in [0.25, 0.3) is 0 Å². The summed E-state index contributed by atoms with van der Waals surface area (Å²) in [4.78, 5) is 0. The second-order valence-corrected chi connectivity index (χ2v) is 8.30. The van der Waals surface area contributed by atoms with Gasteiger partial charge in [-0.25, -0.2) is 0 Å². The summed E-state index contributed by atoms with van der Waals surface area (Å²) in [6, 6.07) is 0. The number of hydrogen-bond donors (Lipinski definition) is 0. The van der Waals surface area contributed by atoms with Gasteiger partial charge in [-0.1, -0.05) is 0 Å². The van der Waals surface area contributed by atoms with E-state index in [1.165, 1.54) is 0 Å². The maximum absolute atomic E-state index is 3.50. The molecule has 0 aliphatic carbocycles. The Labute approximate surface area is 55.6 Å². The molecule has 0 atom stereocenters. The molecule has 0 rings (SSSR count). The van der Waals surface area contributed by atoms with Crippen molar-refractivity contribution < 1.29 is 0 Å². The monoisotopic (exact) mass is 266 g/mol. The van der Waals surface area contributed by atoms with Crippen LogP contribution in [0.3, 0.4) is 0 Å². The molecule has 0 aliphatic rings. The Hall–Kier alpha value is 1.27. The Morgan fingerprint density at radius 2 is 1.50 bits per heavy atom. The Kier molecular flexibility index (Phi) is 3.08. The first-order valence-corrected chi connectivity index (χ1v) is 8.25. The fourth-order valence-electron chi connectivity index (χ4n) is 0. The first-order valence-electron chi connectivity index (χ1n) is 1.86. The molecule has 0 fully saturated rings. The Morgan fingerprint density at radius 1 is 1.33 bits per heavy atom. The molecule has 0 N–H and O–H groups in total. The average Bonchev–Trinajstić information content (AvgIpc) is 1.35. The van der Waals surface area contributed by atoms with Gasteiger partial charge < -0.3 is 0 Å². The summed E-state index contributed by atoms with van der Waals surface area (Å²) in [6.45, 7) is 6.76. The zero-order chi connectivity index (χ0) is 5.21. The molecule has 0 aliphatic heterocycles. The van der Waals surface area contributed by atoms with Crippen LogP contribution in [0.15, 0.2) is 0 Å². The molecule has 6 heavy (non-hydrogen) atoms. The second-order valence-electron chi connectivity index (χ2n) is 2.19. The summed E-state index contributed by atoms with van der Waals surface area (Å²) in [7, 11) is 0. The molecule has 0 aromatic rings. The summed E-state index contributed by atoms with van der Waals surface area (Å²) >= 11 is 3.63. The Balaban J connectivity index is 3.17. The molecule has 38 valence electrons. The minimum atomic E-state index is 0.130. The van der Waals surface area contributed by atoms with Crippen molar-refractivity contribution in [3.05, 3.63) is 0 Å². The Morgan fingerprint density at radius 3 is 1.50 bits per heavy atom. The van der Waals surface area contributed by atoms with Gasteiger partial charge in [0.2, 0.25) is 0 Å². The van der Waals surface area contributed by atoms with E-state index in [1.54, 1.807) is 0 Å². The first kappa shape index (κ1) is 7.27. The van der Waals surface area contributed by atoms with Gasteiger partial charge in [-0.3, -0.25) is 0 Å². The van der Waals surface area contributed by atoms with E-state index in [0.29, 0.717) is 3.46 Å². The van der Waals surface area contributed by atoms with Crippen LogP contribution in [0.1, 0.15) is 20.8 Å². The third kappa shape index (κ3) is 5.27. The summed E-state index contributed by atoms with van der Waals surface area (Å²) < 4.78 is 0.588. The van der Waals surface area contributed by atoms with Crippen molar-refractivity contribution in [3.8, 4) is 0 Å². The van der Waals surface area contributed by atoms with Crippen LogP contribution in [0.5, 0.6) is 0 Å². The van der Waals surface area contributed by atoms with E-state index in [1.807, 2.05) is 0 Å². The van der Waals surface area contributed by atoms with Gasteiger partial charge in [-0.05, 0) is 0 Å². The van der Waals surface area contributed by atoms with Crippen LogP contribution in [0, 0.1) is 0 Å². The van der Waals surface area contributed by atoms with Crippen LogP contribution in [-0.4, -0.2) is 18.7 Å². The van der Waals surface area contributed by atoms with E-state index in [0.717, 1.165) is 0 Å². The van der Waals surface area contributed by atoms with Gasteiger partial charge in [0, 0.05) is 0 Å². The van der Waals surface area contributed by atoms with Crippen molar-refractivity contribution in [1.29, 1.82) is 0 Å². The fourth-order valence-corrected chi connectivity index (χ4v) is 0. The second kappa shape index (κ2) is 2.55. The average molecular weight is 265 g/mol. The minimum absolute atomic E-state index is 0.130. The summed E-state index contributed by atoms with van der Waals surface area (Å²) in [6.07, 6.45) is 0. The molecule has 0 aromatic carbocycles. The molecular weight excluding hydrogens is 256 g/mol. The predicted molar refractivity (Wildman–Crippen MR) is 34.4 cm³/mol. The van der Waals surface area contributed by atoms with Crippen molar-refractivity contribution in [2.75, 3.05) is 0 Å². The maximum atomic E-state index is 3.50. The first-order chi connectivity index (χ1) is 2.56. The zero-order valence-electron chi connectivity index (χ0n) is 4.29. The van der Waals surface area contributed by atoms with Crippen LogP contribution in [-0.2, 0) is 0 Å². The molecular formula is C4H9BrTe. The predicted octanol–water partition coefficient (Wildman–Crippen LogP) is 2.22. The zero-order valence-corrected chi connectivity index (χ0v) is 8.20. The molecule has 0 aromatic heterocycles. The van der Waals surface area contributed by atoms with Crippen molar-refractivity contribution in [1.82, 2.24) is 0 Å². The van der Waals surface area contributed by atoms with Gasteiger partial charge in [-0.15, -0.1) is 0 Å². The van der Waals surface area contributed by atoms with Gasteiger partial charge in [0.1, 0.15) is 0 Å². The van der Waals surface area contributed by atoms with Crippen molar-refractivity contribution in [2.24, 2.45) is 0 Å². The number of hydrogen-bond acceptors (Lipinski definition) is 0. The van der Waals surface area contributed by atoms with Crippen molar-refractivity contribution in [3.63, 3.8) is 0 Å². The standard InChI is InChI=1S/C4H9BrTe/c1-4(2,3)6-5/h1-3H3. The summed E-state index contributed by atoms with van der Waals surface area (Å²) in [5, 5.41) is 0. The Bertz CT molecular complexity index is 37.3. The van der Waals surface area contributed by atoms with Gasteiger partial charge in [-0.2, -0.15) is 0 Å². The van der Waals surface area contributed by atoms with Gasteiger partial charge >= 0.3 is 55.7 Å². The quantitative estimate of drug-likeness (QED) is 0.589. The molecule has 0 spiro atoms. The number of halogens is 1. The summed E-state index contributed by atoms with van der Waals surface area (Å²) in [5.41, 5.74) is 0. The van der Waals surface area contributed by atoms with E-state index in [4.69, 9.17) is 0 Å². The van der Waals surface area contributed by atoms with Crippen LogP contribution in [0.4, 0.5) is 0 Å². The van der Waals surface area contributed by atoms with E-state index in [9.17, 15) is 0 Å². The van der Waals surface area contributed by atoms with Crippen LogP contribution in [0.2, 0.25) is 3.46 Å². The molecule has 0 unspecified atom stereocenters. The molecule has 0 heterocycles. The fraction of sp³-hybridized carbons (Fsp3) is 1.00. The molecule has 0 radical (unpaired) electrons. The molecule has 0 amide bonds. The molecule has 0 nitrogen and oxygen atoms in total. The third-order valence-electron chi connectivity index (χ3n) is 0.231. The molecule has 0 bridgehead atoms. The summed E-state index contributed by atoms with van der Waals surface area (Å²) in [5.74, 6) is 0. The van der Waals surface area contributed by atoms with Gasteiger partial charge in [0.15, 0.2) is 0 Å². The van der Waals surface area contributed by atoms with Crippen molar-refractivity contribution >= 4 is 31.5 Å². The number of rotatable bonds is 0. The molecule has 0 saturated heterocycles. The normalized spacial score (nSPS) is 12.0. The van der Waals surface area contributed by atoms with Gasteiger partial charge in [0.05, 0.1) is 0 Å². The molecule has 2 heteroatoms. The van der Waals surface area contributed by atoms with E-state index >= 15 is 0 Å². The van der Waals surface area contributed by atoms with E-state index in [2.05, 4.69) is 33.5 Å². The van der Waals surface area contributed by atoms with Gasteiger partial charge in [0.25, 0.3) is 0 Å².